The Morgan fingerprint density at radius 1 is 1.43 bits per heavy atom. The van der Waals surface area contributed by atoms with Gasteiger partial charge in [-0.1, -0.05) is 31.5 Å². The highest BCUT2D eigenvalue weighted by molar-refractivity contribution is 5.58. The van der Waals surface area contributed by atoms with Gasteiger partial charge in [-0.05, 0) is 25.0 Å². The van der Waals surface area contributed by atoms with Gasteiger partial charge in [-0.2, -0.15) is 0 Å². The second-order valence-electron chi connectivity index (χ2n) is 4.38. The summed E-state index contributed by atoms with van der Waals surface area (Å²) in [6, 6.07) is 4.97. The van der Waals surface area contributed by atoms with E-state index in [1.165, 1.54) is 6.07 Å². The summed E-state index contributed by atoms with van der Waals surface area (Å²) in [5.41, 5.74) is 1.14. The third-order valence-corrected chi connectivity index (χ3v) is 2.17. The van der Waals surface area contributed by atoms with Crippen LogP contribution in [0.3, 0.4) is 0 Å². The van der Waals surface area contributed by atoms with E-state index < -0.39 is 5.41 Å². The molecule has 0 aromatic heterocycles. The Kier molecular flexibility index (Phi) is 3.04. The molecule has 0 aliphatic carbocycles. The maximum Gasteiger partial charge on any atom is 0.126 e. The number of aldehydes is 1. The molecule has 0 aliphatic heterocycles. The third-order valence-electron chi connectivity index (χ3n) is 2.17. The summed E-state index contributed by atoms with van der Waals surface area (Å²) in [6.07, 6.45) is 1.32. The van der Waals surface area contributed by atoms with E-state index in [-0.39, 0.29) is 5.82 Å². The smallest absolute Gasteiger partial charge is 0.126 e. The molecule has 0 radical (unpaired) electrons. The normalized spacial score (nSPS) is 11.4. The van der Waals surface area contributed by atoms with E-state index >= 15 is 0 Å². The first-order valence-corrected chi connectivity index (χ1v) is 4.66. The molecule has 2 heteroatoms. The summed E-state index contributed by atoms with van der Waals surface area (Å²) in [5.74, 6) is -0.231. The summed E-state index contributed by atoms with van der Waals surface area (Å²) in [7, 11) is 0. The zero-order chi connectivity index (χ0) is 10.8. The van der Waals surface area contributed by atoms with Crippen molar-refractivity contribution < 1.29 is 9.18 Å². The van der Waals surface area contributed by atoms with Gasteiger partial charge >= 0.3 is 0 Å². The Bertz CT molecular complexity index is 342. The number of halogens is 1. The standard InChI is InChI=1S/C12H15FO/c1-9-4-5-11(13)10(6-9)7-12(2,3)8-14/h4-6,8H,7H2,1-3H3. The molecule has 0 N–H and O–H groups in total. The predicted octanol–water partition coefficient (Wildman–Crippen LogP) is 2.90. The van der Waals surface area contributed by atoms with Crippen LogP contribution in [0.5, 0.6) is 0 Å². The van der Waals surface area contributed by atoms with Crippen molar-refractivity contribution in [1.82, 2.24) is 0 Å². The summed E-state index contributed by atoms with van der Waals surface area (Å²) in [6.45, 7) is 5.53. The number of hydrogen-bond acceptors (Lipinski definition) is 1. The Morgan fingerprint density at radius 3 is 2.64 bits per heavy atom. The number of benzene rings is 1. The molecule has 0 saturated heterocycles. The second-order valence-corrected chi connectivity index (χ2v) is 4.38. The Hall–Kier alpha value is -1.18. The van der Waals surface area contributed by atoms with Gasteiger partial charge in [0.15, 0.2) is 0 Å². The molecule has 0 saturated carbocycles. The molecule has 1 aromatic rings. The number of hydrogen-bond donors (Lipinski definition) is 0. The number of aryl methyl sites for hydroxylation is 1. The fraction of sp³-hybridized carbons (Fsp3) is 0.417. The number of carbonyl (C=O) groups excluding carboxylic acids is 1. The van der Waals surface area contributed by atoms with Crippen LogP contribution in [0.4, 0.5) is 4.39 Å². The molecule has 0 bridgehead atoms. The lowest BCUT2D eigenvalue weighted by Crippen LogP contribution is -2.17. The SMILES string of the molecule is Cc1ccc(F)c(CC(C)(C)C=O)c1. The van der Waals surface area contributed by atoms with Gasteiger partial charge < -0.3 is 4.79 Å². The second kappa shape index (κ2) is 3.91. The van der Waals surface area contributed by atoms with Gasteiger partial charge in [0.1, 0.15) is 12.1 Å². The maximum absolute atomic E-state index is 13.3. The molecule has 1 aromatic carbocycles. The van der Waals surface area contributed by atoms with Crippen molar-refractivity contribution in [2.45, 2.75) is 27.2 Å². The lowest BCUT2D eigenvalue weighted by molar-refractivity contribution is -0.114. The van der Waals surface area contributed by atoms with Crippen molar-refractivity contribution in [3.63, 3.8) is 0 Å². The van der Waals surface area contributed by atoms with E-state index in [0.29, 0.717) is 12.0 Å². The first-order chi connectivity index (χ1) is 6.44. The fourth-order valence-corrected chi connectivity index (χ4v) is 1.37. The van der Waals surface area contributed by atoms with Gasteiger partial charge in [-0.3, -0.25) is 0 Å². The third kappa shape index (κ3) is 2.66. The topological polar surface area (TPSA) is 17.1 Å². The average Bonchev–Trinajstić information content (AvgIpc) is 2.11. The molecule has 1 nitrogen and oxygen atoms in total. The van der Waals surface area contributed by atoms with Crippen molar-refractivity contribution in [2.75, 3.05) is 0 Å². The van der Waals surface area contributed by atoms with Gasteiger partial charge in [0.2, 0.25) is 0 Å². The van der Waals surface area contributed by atoms with Crippen molar-refractivity contribution in [2.24, 2.45) is 5.41 Å². The molecule has 14 heavy (non-hydrogen) atoms. The molecular weight excluding hydrogens is 179 g/mol. The molecule has 0 spiro atoms. The van der Waals surface area contributed by atoms with E-state index in [1.54, 1.807) is 12.1 Å². The van der Waals surface area contributed by atoms with Gasteiger partial charge in [0.05, 0.1) is 0 Å². The monoisotopic (exact) mass is 194 g/mol. The average molecular weight is 194 g/mol. The molecule has 0 unspecified atom stereocenters. The Balaban J connectivity index is 2.96. The first kappa shape index (κ1) is 10.9. The number of carbonyl (C=O) groups is 1. The maximum atomic E-state index is 13.3. The quantitative estimate of drug-likeness (QED) is 0.676. The molecule has 0 heterocycles. The highest BCUT2D eigenvalue weighted by Gasteiger charge is 2.19. The minimum atomic E-state index is -0.491. The molecule has 0 aliphatic rings. The van der Waals surface area contributed by atoms with Crippen LogP contribution >= 0.6 is 0 Å². The first-order valence-electron chi connectivity index (χ1n) is 4.66. The largest absolute Gasteiger partial charge is 0.303 e. The highest BCUT2D eigenvalue weighted by Crippen LogP contribution is 2.21. The van der Waals surface area contributed by atoms with Crippen molar-refractivity contribution in [3.05, 3.63) is 35.1 Å². The number of rotatable bonds is 3. The highest BCUT2D eigenvalue weighted by atomic mass is 19.1. The summed E-state index contributed by atoms with van der Waals surface area (Å²) in [4.78, 5) is 10.7. The fourth-order valence-electron chi connectivity index (χ4n) is 1.37. The van der Waals surface area contributed by atoms with Crippen LogP contribution in [-0.2, 0) is 11.2 Å². The van der Waals surface area contributed by atoms with Crippen molar-refractivity contribution >= 4 is 6.29 Å². The summed E-state index contributed by atoms with van der Waals surface area (Å²) in [5, 5.41) is 0. The summed E-state index contributed by atoms with van der Waals surface area (Å²) >= 11 is 0. The minimum absolute atomic E-state index is 0.231. The van der Waals surface area contributed by atoms with Crippen molar-refractivity contribution in [1.29, 1.82) is 0 Å². The zero-order valence-corrected chi connectivity index (χ0v) is 8.80. The molecule has 1 rings (SSSR count). The van der Waals surface area contributed by atoms with Gasteiger partial charge in [0, 0.05) is 5.41 Å². The van der Waals surface area contributed by atoms with Crippen LogP contribution in [0.1, 0.15) is 25.0 Å². The van der Waals surface area contributed by atoms with Crippen LogP contribution in [0.15, 0.2) is 18.2 Å². The van der Waals surface area contributed by atoms with E-state index in [2.05, 4.69) is 0 Å². The van der Waals surface area contributed by atoms with Gasteiger partial charge in [0.25, 0.3) is 0 Å². The van der Waals surface area contributed by atoms with E-state index in [4.69, 9.17) is 0 Å². The summed E-state index contributed by atoms with van der Waals surface area (Å²) < 4.78 is 13.3. The van der Waals surface area contributed by atoms with Gasteiger partial charge in [-0.15, -0.1) is 0 Å². The van der Waals surface area contributed by atoms with Crippen LogP contribution in [0.25, 0.3) is 0 Å². The van der Waals surface area contributed by atoms with Crippen LogP contribution in [0.2, 0.25) is 0 Å². The zero-order valence-electron chi connectivity index (χ0n) is 8.80. The molecular formula is C12H15FO. The van der Waals surface area contributed by atoms with E-state index in [1.807, 2.05) is 20.8 Å². The van der Waals surface area contributed by atoms with Crippen LogP contribution in [-0.4, -0.2) is 6.29 Å². The van der Waals surface area contributed by atoms with Gasteiger partial charge in [-0.25, -0.2) is 4.39 Å². The van der Waals surface area contributed by atoms with Crippen LogP contribution in [0, 0.1) is 18.2 Å². The van der Waals surface area contributed by atoms with E-state index in [0.717, 1.165) is 11.8 Å². The lowest BCUT2D eigenvalue weighted by Gasteiger charge is -2.17. The lowest BCUT2D eigenvalue weighted by atomic mass is 9.87. The molecule has 0 amide bonds. The van der Waals surface area contributed by atoms with E-state index in [9.17, 15) is 9.18 Å². The molecule has 0 atom stereocenters. The minimum Gasteiger partial charge on any atom is -0.303 e. The van der Waals surface area contributed by atoms with Crippen molar-refractivity contribution in [3.8, 4) is 0 Å². The molecule has 0 fully saturated rings. The Morgan fingerprint density at radius 2 is 2.07 bits per heavy atom. The molecule has 76 valence electrons. The van der Waals surface area contributed by atoms with Crippen LogP contribution < -0.4 is 0 Å². The predicted molar refractivity (Wildman–Crippen MR) is 54.7 cm³/mol. The Labute approximate surface area is 83.9 Å².